The number of halogens is 1. The highest BCUT2D eigenvalue weighted by atomic mass is 35.5. The van der Waals surface area contributed by atoms with Gasteiger partial charge in [-0.2, -0.15) is 5.10 Å². The highest BCUT2D eigenvalue weighted by molar-refractivity contribution is 6.30. The number of benzene rings is 1. The monoisotopic (exact) mass is 336 g/mol. The van der Waals surface area contributed by atoms with E-state index < -0.39 is 11.9 Å². The minimum absolute atomic E-state index is 0.0683. The first-order chi connectivity index (χ1) is 11.1. The van der Waals surface area contributed by atoms with Gasteiger partial charge < -0.3 is 9.47 Å². The Morgan fingerprint density at radius 3 is 2.52 bits per heavy atom. The van der Waals surface area contributed by atoms with E-state index in [9.17, 15) is 9.59 Å². The summed E-state index contributed by atoms with van der Waals surface area (Å²) in [5.41, 5.74) is 1.81. The summed E-state index contributed by atoms with van der Waals surface area (Å²) in [4.78, 5) is 22.6. The Morgan fingerprint density at radius 2 is 1.83 bits per heavy atom. The topological polar surface area (TPSA) is 70.4 Å². The predicted molar refractivity (Wildman–Crippen MR) is 83.8 cm³/mol. The highest BCUT2D eigenvalue weighted by Crippen LogP contribution is 2.11. The first-order valence-corrected chi connectivity index (χ1v) is 7.51. The third kappa shape index (κ3) is 5.75. The maximum atomic E-state index is 11.5. The molecule has 0 saturated heterocycles. The van der Waals surface area contributed by atoms with E-state index in [2.05, 4.69) is 9.84 Å². The molecule has 7 heteroatoms. The maximum absolute atomic E-state index is 11.5. The van der Waals surface area contributed by atoms with Gasteiger partial charge in [0, 0.05) is 16.8 Å². The van der Waals surface area contributed by atoms with Crippen LogP contribution >= 0.6 is 11.6 Å². The molecule has 0 amide bonds. The van der Waals surface area contributed by atoms with E-state index in [1.807, 2.05) is 24.3 Å². The zero-order chi connectivity index (χ0) is 16.7. The average Bonchev–Trinajstić information content (AvgIpc) is 2.95. The zero-order valence-corrected chi connectivity index (χ0v) is 13.5. The van der Waals surface area contributed by atoms with Gasteiger partial charge in [0.15, 0.2) is 0 Å². The predicted octanol–water partition coefficient (Wildman–Crippen LogP) is 2.58. The second-order valence-corrected chi connectivity index (χ2v) is 5.25. The Hall–Kier alpha value is -2.34. The van der Waals surface area contributed by atoms with Crippen LogP contribution in [0.1, 0.15) is 24.5 Å². The molecule has 1 aromatic heterocycles. The third-order valence-electron chi connectivity index (χ3n) is 2.94. The number of rotatable bonds is 7. The van der Waals surface area contributed by atoms with Gasteiger partial charge in [0.05, 0.1) is 19.3 Å². The van der Waals surface area contributed by atoms with E-state index >= 15 is 0 Å². The molecule has 0 radical (unpaired) electrons. The third-order valence-corrected chi connectivity index (χ3v) is 3.19. The minimum atomic E-state index is -0.617. The number of hydrogen-bond donors (Lipinski definition) is 0. The Balaban J connectivity index is 1.81. The number of carbonyl (C=O) groups is 2. The molecule has 122 valence electrons. The molecule has 0 aliphatic rings. The first-order valence-electron chi connectivity index (χ1n) is 7.14. The molecule has 1 aromatic carbocycles. The lowest BCUT2D eigenvalue weighted by molar-refractivity contribution is -0.155. The van der Waals surface area contributed by atoms with Crippen molar-refractivity contribution in [1.82, 2.24) is 9.78 Å². The Morgan fingerprint density at radius 1 is 1.13 bits per heavy atom. The van der Waals surface area contributed by atoms with Crippen molar-refractivity contribution in [3.05, 3.63) is 52.8 Å². The number of nitrogens with zero attached hydrogens (tertiary/aromatic N) is 2. The van der Waals surface area contributed by atoms with Crippen LogP contribution < -0.4 is 0 Å². The lowest BCUT2D eigenvalue weighted by Crippen LogP contribution is -2.13. The molecule has 2 rings (SSSR count). The molecule has 0 bridgehead atoms. The molecule has 0 N–H and O–H groups in total. The molecule has 0 spiro atoms. The minimum Gasteiger partial charge on any atom is -0.466 e. The summed E-state index contributed by atoms with van der Waals surface area (Å²) in [6.45, 7) is 2.58. The van der Waals surface area contributed by atoms with Crippen LogP contribution in [0.3, 0.4) is 0 Å². The SMILES string of the molecule is CCOC(=O)CC(=O)OCc1cnn(Cc2ccc(Cl)cc2)c1. The summed E-state index contributed by atoms with van der Waals surface area (Å²) < 4.78 is 11.4. The molecule has 6 nitrogen and oxygen atoms in total. The van der Waals surface area contributed by atoms with Crippen molar-refractivity contribution in [2.75, 3.05) is 6.61 Å². The number of ether oxygens (including phenoxy) is 2. The molecular formula is C16H17ClN2O4. The van der Waals surface area contributed by atoms with E-state index in [1.54, 1.807) is 24.0 Å². The summed E-state index contributed by atoms with van der Waals surface area (Å²) in [5.74, 6) is -1.20. The van der Waals surface area contributed by atoms with Crippen LogP contribution in [0, 0.1) is 0 Å². The average molecular weight is 337 g/mol. The largest absolute Gasteiger partial charge is 0.466 e. The van der Waals surface area contributed by atoms with E-state index in [-0.39, 0.29) is 19.6 Å². The zero-order valence-electron chi connectivity index (χ0n) is 12.7. The van der Waals surface area contributed by atoms with E-state index in [0.717, 1.165) is 11.1 Å². The molecule has 2 aromatic rings. The second kappa shape index (κ2) is 8.33. The van der Waals surface area contributed by atoms with Crippen molar-refractivity contribution in [1.29, 1.82) is 0 Å². The Labute approximate surface area is 139 Å². The number of carbonyl (C=O) groups excluding carboxylic acids is 2. The van der Waals surface area contributed by atoms with Gasteiger partial charge in [-0.1, -0.05) is 23.7 Å². The van der Waals surface area contributed by atoms with Crippen molar-refractivity contribution < 1.29 is 19.1 Å². The van der Waals surface area contributed by atoms with Gasteiger partial charge in [0.2, 0.25) is 0 Å². The van der Waals surface area contributed by atoms with Crippen molar-refractivity contribution in [3.63, 3.8) is 0 Å². The summed E-state index contributed by atoms with van der Waals surface area (Å²) in [5, 5.41) is 4.89. The van der Waals surface area contributed by atoms with Crippen molar-refractivity contribution in [2.24, 2.45) is 0 Å². The normalized spacial score (nSPS) is 10.3. The number of esters is 2. The van der Waals surface area contributed by atoms with Gasteiger partial charge in [-0.05, 0) is 24.6 Å². The van der Waals surface area contributed by atoms with Crippen molar-refractivity contribution in [3.8, 4) is 0 Å². The van der Waals surface area contributed by atoms with Gasteiger partial charge in [0.25, 0.3) is 0 Å². The molecule has 0 saturated carbocycles. The van der Waals surface area contributed by atoms with Gasteiger partial charge in [-0.25, -0.2) is 0 Å². The van der Waals surface area contributed by atoms with Crippen LogP contribution in [-0.4, -0.2) is 28.3 Å². The molecule has 0 fully saturated rings. The summed E-state index contributed by atoms with van der Waals surface area (Å²) >= 11 is 5.84. The quantitative estimate of drug-likeness (QED) is 0.574. The Bertz CT molecular complexity index is 667. The summed E-state index contributed by atoms with van der Waals surface area (Å²) in [6, 6.07) is 7.48. The summed E-state index contributed by atoms with van der Waals surface area (Å²) in [6.07, 6.45) is 3.02. The van der Waals surface area contributed by atoms with Crippen LogP contribution in [0.15, 0.2) is 36.7 Å². The molecule has 23 heavy (non-hydrogen) atoms. The van der Waals surface area contributed by atoms with Gasteiger partial charge in [0.1, 0.15) is 13.0 Å². The van der Waals surface area contributed by atoms with E-state index in [4.69, 9.17) is 16.3 Å². The van der Waals surface area contributed by atoms with Crippen LogP contribution in [0.4, 0.5) is 0 Å². The smallest absolute Gasteiger partial charge is 0.317 e. The van der Waals surface area contributed by atoms with Crippen LogP contribution in [0.2, 0.25) is 5.02 Å². The van der Waals surface area contributed by atoms with Gasteiger partial charge in [-0.15, -0.1) is 0 Å². The van der Waals surface area contributed by atoms with E-state index in [1.165, 1.54) is 0 Å². The maximum Gasteiger partial charge on any atom is 0.317 e. The molecular weight excluding hydrogens is 320 g/mol. The molecule has 1 heterocycles. The fourth-order valence-electron chi connectivity index (χ4n) is 1.89. The van der Waals surface area contributed by atoms with Crippen molar-refractivity contribution >= 4 is 23.5 Å². The van der Waals surface area contributed by atoms with Crippen LogP contribution in [0.25, 0.3) is 0 Å². The highest BCUT2D eigenvalue weighted by Gasteiger charge is 2.12. The molecule has 0 unspecified atom stereocenters. The fraction of sp³-hybridized carbons (Fsp3) is 0.312. The lowest BCUT2D eigenvalue weighted by atomic mass is 10.2. The lowest BCUT2D eigenvalue weighted by Gasteiger charge is -2.03. The first kappa shape index (κ1) is 17.0. The molecule has 0 atom stereocenters. The van der Waals surface area contributed by atoms with E-state index in [0.29, 0.717) is 11.6 Å². The fourth-order valence-corrected chi connectivity index (χ4v) is 2.01. The number of aromatic nitrogens is 2. The summed E-state index contributed by atoms with van der Waals surface area (Å²) in [7, 11) is 0. The van der Waals surface area contributed by atoms with Gasteiger partial charge >= 0.3 is 11.9 Å². The van der Waals surface area contributed by atoms with Gasteiger partial charge in [-0.3, -0.25) is 14.3 Å². The van der Waals surface area contributed by atoms with Crippen LogP contribution in [0.5, 0.6) is 0 Å². The van der Waals surface area contributed by atoms with Crippen LogP contribution in [-0.2, 0) is 32.2 Å². The van der Waals surface area contributed by atoms with Crippen molar-refractivity contribution in [2.45, 2.75) is 26.5 Å². The molecule has 0 aliphatic heterocycles. The second-order valence-electron chi connectivity index (χ2n) is 4.82. The molecule has 0 aliphatic carbocycles. The Kier molecular flexibility index (Phi) is 6.17. The standard InChI is InChI=1S/C16H17ClN2O4/c1-2-22-15(20)7-16(21)23-11-13-8-18-19(10-13)9-12-3-5-14(17)6-4-12/h3-6,8,10H,2,7,9,11H2,1H3. The number of hydrogen-bond acceptors (Lipinski definition) is 5.